The molecule has 0 aliphatic heterocycles. The molecule has 0 saturated carbocycles. The Kier molecular flexibility index (Phi) is 7.12. The number of carbonyl (C=O) groups is 2. The van der Waals surface area contributed by atoms with E-state index in [2.05, 4.69) is 20.8 Å². The number of nitrogens with one attached hydrogen (secondary N) is 2. The van der Waals surface area contributed by atoms with Crippen molar-refractivity contribution in [3.63, 3.8) is 0 Å². The second kappa shape index (κ2) is 9.77. The molecule has 0 aliphatic rings. The number of anilines is 2. The zero-order chi connectivity index (χ0) is 21.7. The van der Waals surface area contributed by atoms with Gasteiger partial charge in [0.2, 0.25) is 11.8 Å². The van der Waals surface area contributed by atoms with E-state index in [-0.39, 0.29) is 17.6 Å². The second-order valence-corrected chi connectivity index (χ2v) is 7.95. The van der Waals surface area contributed by atoms with Crippen molar-refractivity contribution in [2.45, 2.75) is 32.5 Å². The first kappa shape index (κ1) is 21.9. The standard InChI is InChI=1S/C21H22ClN5O2S/c1-4-27-20(16-8-6-5-7-13(16)2)25-26-21(27)30-12-19(29)24-18-11-15(22)9-10-17(18)23-14(3)28/h5-11H,4,12H2,1-3H3,(H,23,28)(H,24,29). The van der Waals surface area contributed by atoms with Crippen molar-refractivity contribution in [2.75, 3.05) is 16.4 Å². The maximum atomic E-state index is 12.5. The fourth-order valence-corrected chi connectivity index (χ4v) is 3.91. The van der Waals surface area contributed by atoms with Gasteiger partial charge in [-0.3, -0.25) is 9.59 Å². The number of aryl methyl sites for hydroxylation is 1. The fourth-order valence-electron chi connectivity index (χ4n) is 2.94. The van der Waals surface area contributed by atoms with Crippen molar-refractivity contribution in [3.8, 4) is 11.4 Å². The predicted molar refractivity (Wildman–Crippen MR) is 121 cm³/mol. The molecule has 1 aromatic heterocycles. The molecule has 2 amide bonds. The summed E-state index contributed by atoms with van der Waals surface area (Å²) in [6.45, 7) is 6.13. The smallest absolute Gasteiger partial charge is 0.234 e. The molecule has 9 heteroatoms. The highest BCUT2D eigenvalue weighted by Crippen LogP contribution is 2.28. The Morgan fingerprint density at radius 3 is 2.57 bits per heavy atom. The van der Waals surface area contributed by atoms with E-state index in [4.69, 9.17) is 11.6 Å². The highest BCUT2D eigenvalue weighted by atomic mass is 35.5. The Balaban J connectivity index is 1.72. The number of rotatable bonds is 7. The quantitative estimate of drug-likeness (QED) is 0.520. The lowest BCUT2D eigenvalue weighted by Crippen LogP contribution is -2.17. The van der Waals surface area contributed by atoms with Crippen LogP contribution in [0, 0.1) is 6.92 Å². The first-order valence-electron chi connectivity index (χ1n) is 9.38. The first-order chi connectivity index (χ1) is 14.4. The van der Waals surface area contributed by atoms with Gasteiger partial charge in [-0.25, -0.2) is 0 Å². The van der Waals surface area contributed by atoms with E-state index < -0.39 is 0 Å². The minimum absolute atomic E-state index is 0.137. The maximum Gasteiger partial charge on any atom is 0.234 e. The van der Waals surface area contributed by atoms with E-state index in [1.807, 2.05) is 42.7 Å². The molecule has 0 bridgehead atoms. The van der Waals surface area contributed by atoms with Crippen molar-refractivity contribution >= 4 is 46.6 Å². The molecule has 3 rings (SSSR count). The molecule has 0 fully saturated rings. The van der Waals surface area contributed by atoms with Gasteiger partial charge in [-0.15, -0.1) is 10.2 Å². The first-order valence-corrected chi connectivity index (χ1v) is 10.7. The predicted octanol–water partition coefficient (Wildman–Crippen LogP) is 4.62. The lowest BCUT2D eigenvalue weighted by atomic mass is 10.1. The second-order valence-electron chi connectivity index (χ2n) is 6.57. The molecule has 0 atom stereocenters. The summed E-state index contributed by atoms with van der Waals surface area (Å²) in [5.74, 6) is 0.443. The van der Waals surface area contributed by atoms with Crippen molar-refractivity contribution < 1.29 is 9.59 Å². The van der Waals surface area contributed by atoms with Gasteiger partial charge < -0.3 is 15.2 Å². The number of hydrogen-bond donors (Lipinski definition) is 2. The Morgan fingerprint density at radius 2 is 1.87 bits per heavy atom. The molecule has 7 nitrogen and oxygen atoms in total. The molecular weight excluding hydrogens is 422 g/mol. The zero-order valence-electron chi connectivity index (χ0n) is 16.9. The molecule has 0 radical (unpaired) electrons. The highest BCUT2D eigenvalue weighted by Gasteiger charge is 2.16. The van der Waals surface area contributed by atoms with Crippen LogP contribution < -0.4 is 10.6 Å². The van der Waals surface area contributed by atoms with Gasteiger partial charge in [-0.2, -0.15) is 0 Å². The number of hydrogen-bond acceptors (Lipinski definition) is 5. The van der Waals surface area contributed by atoms with Crippen LogP contribution in [0.1, 0.15) is 19.4 Å². The Bertz CT molecular complexity index is 1080. The van der Waals surface area contributed by atoms with E-state index in [1.165, 1.54) is 18.7 Å². The topological polar surface area (TPSA) is 88.9 Å². The number of halogens is 1. The van der Waals surface area contributed by atoms with E-state index in [9.17, 15) is 9.59 Å². The van der Waals surface area contributed by atoms with Gasteiger partial charge in [0, 0.05) is 24.1 Å². The molecule has 0 spiro atoms. The number of nitrogens with zero attached hydrogens (tertiary/aromatic N) is 3. The van der Waals surface area contributed by atoms with Gasteiger partial charge in [-0.05, 0) is 37.6 Å². The summed E-state index contributed by atoms with van der Waals surface area (Å²) < 4.78 is 1.99. The summed E-state index contributed by atoms with van der Waals surface area (Å²) in [4.78, 5) is 23.9. The fraction of sp³-hybridized carbons (Fsp3) is 0.238. The van der Waals surface area contributed by atoms with Crippen LogP contribution in [0.15, 0.2) is 47.6 Å². The lowest BCUT2D eigenvalue weighted by Gasteiger charge is -2.12. The lowest BCUT2D eigenvalue weighted by molar-refractivity contribution is -0.115. The summed E-state index contributed by atoms with van der Waals surface area (Å²) in [7, 11) is 0. The van der Waals surface area contributed by atoms with Gasteiger partial charge in [0.1, 0.15) is 0 Å². The number of carbonyl (C=O) groups excluding carboxylic acids is 2. The van der Waals surface area contributed by atoms with Crippen molar-refractivity contribution in [1.82, 2.24) is 14.8 Å². The molecule has 1 heterocycles. The van der Waals surface area contributed by atoms with Gasteiger partial charge >= 0.3 is 0 Å². The Morgan fingerprint density at radius 1 is 1.10 bits per heavy atom. The minimum Gasteiger partial charge on any atom is -0.325 e. The van der Waals surface area contributed by atoms with E-state index in [0.717, 1.165) is 17.0 Å². The number of benzene rings is 2. The summed E-state index contributed by atoms with van der Waals surface area (Å²) in [6.07, 6.45) is 0. The van der Waals surface area contributed by atoms with Crippen LogP contribution in [0.4, 0.5) is 11.4 Å². The normalized spacial score (nSPS) is 10.7. The summed E-state index contributed by atoms with van der Waals surface area (Å²) in [5.41, 5.74) is 3.06. The Labute approximate surface area is 184 Å². The average molecular weight is 444 g/mol. The van der Waals surface area contributed by atoms with Crippen molar-refractivity contribution in [1.29, 1.82) is 0 Å². The molecule has 0 aliphatic carbocycles. The average Bonchev–Trinajstić information content (AvgIpc) is 3.11. The maximum absolute atomic E-state index is 12.5. The summed E-state index contributed by atoms with van der Waals surface area (Å²) in [5, 5.41) is 15.2. The van der Waals surface area contributed by atoms with Crippen molar-refractivity contribution in [2.24, 2.45) is 0 Å². The van der Waals surface area contributed by atoms with E-state index in [1.54, 1.807) is 18.2 Å². The molecule has 0 saturated heterocycles. The zero-order valence-corrected chi connectivity index (χ0v) is 18.5. The molecule has 3 aromatic rings. The van der Waals surface area contributed by atoms with Crippen LogP contribution in [0.25, 0.3) is 11.4 Å². The van der Waals surface area contributed by atoms with Crippen LogP contribution in [-0.2, 0) is 16.1 Å². The van der Waals surface area contributed by atoms with Crippen molar-refractivity contribution in [3.05, 3.63) is 53.1 Å². The minimum atomic E-state index is -0.239. The molecule has 0 unspecified atom stereocenters. The summed E-state index contributed by atoms with van der Waals surface area (Å²) in [6, 6.07) is 12.9. The molecule has 2 N–H and O–H groups in total. The third kappa shape index (κ3) is 5.20. The molecular formula is C21H22ClN5O2S. The molecule has 30 heavy (non-hydrogen) atoms. The SMILES string of the molecule is CCn1c(SCC(=O)Nc2cc(Cl)ccc2NC(C)=O)nnc1-c1ccccc1C. The van der Waals surface area contributed by atoms with Crippen LogP contribution >= 0.6 is 23.4 Å². The van der Waals surface area contributed by atoms with Crippen LogP contribution in [0.3, 0.4) is 0 Å². The van der Waals surface area contributed by atoms with Gasteiger partial charge in [0.15, 0.2) is 11.0 Å². The largest absolute Gasteiger partial charge is 0.325 e. The van der Waals surface area contributed by atoms with Gasteiger partial charge in [0.05, 0.1) is 17.1 Å². The number of amides is 2. The van der Waals surface area contributed by atoms with Gasteiger partial charge in [-0.1, -0.05) is 47.6 Å². The molecule has 2 aromatic carbocycles. The highest BCUT2D eigenvalue weighted by molar-refractivity contribution is 7.99. The molecule has 156 valence electrons. The van der Waals surface area contributed by atoms with Gasteiger partial charge in [0.25, 0.3) is 0 Å². The third-order valence-electron chi connectivity index (χ3n) is 4.32. The van der Waals surface area contributed by atoms with Crippen LogP contribution in [0.5, 0.6) is 0 Å². The monoisotopic (exact) mass is 443 g/mol. The number of aromatic nitrogens is 3. The van der Waals surface area contributed by atoms with E-state index >= 15 is 0 Å². The number of thioether (sulfide) groups is 1. The van der Waals surface area contributed by atoms with E-state index in [0.29, 0.717) is 28.1 Å². The Hall–Kier alpha value is -2.84. The van der Waals surface area contributed by atoms with Crippen LogP contribution in [-0.4, -0.2) is 32.3 Å². The third-order valence-corrected chi connectivity index (χ3v) is 5.52. The van der Waals surface area contributed by atoms with Crippen LogP contribution in [0.2, 0.25) is 5.02 Å². The summed E-state index contributed by atoms with van der Waals surface area (Å²) >= 11 is 7.33.